The quantitative estimate of drug-likeness (QED) is 0.721. The molecular formula is C21H24FN3O. The fraction of sp³-hybridized carbons (Fsp3) is 0.333. The van der Waals surface area contributed by atoms with Crippen LogP contribution >= 0.6 is 0 Å². The number of imidazole rings is 1. The number of nitrogens with one attached hydrogen (secondary N) is 1. The number of pyridine rings is 1. The molecule has 2 unspecified atom stereocenters. The molecule has 0 radical (unpaired) electrons. The number of carbonyl (C=O) groups is 1. The van der Waals surface area contributed by atoms with Crippen molar-refractivity contribution >= 4 is 11.6 Å². The smallest absolute Gasteiger partial charge is 0.221 e. The van der Waals surface area contributed by atoms with Gasteiger partial charge in [0, 0.05) is 30.3 Å². The molecule has 3 aromatic rings. The highest BCUT2D eigenvalue weighted by atomic mass is 19.1. The molecule has 0 aliphatic carbocycles. The molecule has 1 aromatic carbocycles. The normalized spacial score (nSPS) is 13.5. The van der Waals surface area contributed by atoms with Crippen molar-refractivity contribution in [3.63, 3.8) is 0 Å². The van der Waals surface area contributed by atoms with Crippen LogP contribution in [-0.4, -0.2) is 21.3 Å². The Morgan fingerprint density at radius 2 is 2.04 bits per heavy atom. The Morgan fingerprint density at radius 1 is 1.27 bits per heavy atom. The monoisotopic (exact) mass is 353 g/mol. The summed E-state index contributed by atoms with van der Waals surface area (Å²) in [4.78, 5) is 17.0. The molecule has 2 heterocycles. The maximum Gasteiger partial charge on any atom is 0.221 e. The predicted octanol–water partition coefficient (Wildman–Crippen LogP) is 4.22. The van der Waals surface area contributed by atoms with E-state index in [0.717, 1.165) is 29.0 Å². The van der Waals surface area contributed by atoms with Crippen molar-refractivity contribution in [3.05, 3.63) is 71.4 Å². The van der Waals surface area contributed by atoms with Gasteiger partial charge in [0.1, 0.15) is 11.5 Å². The molecule has 5 heteroatoms. The van der Waals surface area contributed by atoms with Gasteiger partial charge in [0.25, 0.3) is 0 Å². The number of halogens is 1. The molecule has 0 fully saturated rings. The van der Waals surface area contributed by atoms with Gasteiger partial charge in [-0.25, -0.2) is 9.37 Å². The number of carbonyl (C=O) groups excluding carboxylic acids is 1. The number of aromatic nitrogens is 2. The summed E-state index contributed by atoms with van der Waals surface area (Å²) >= 11 is 0. The van der Waals surface area contributed by atoms with Gasteiger partial charge in [-0.15, -0.1) is 0 Å². The zero-order valence-corrected chi connectivity index (χ0v) is 15.4. The van der Waals surface area contributed by atoms with E-state index in [1.807, 2.05) is 49.4 Å². The maximum atomic E-state index is 13.8. The number of hydrogen-bond donors (Lipinski definition) is 1. The first kappa shape index (κ1) is 18.1. The van der Waals surface area contributed by atoms with E-state index >= 15 is 0 Å². The van der Waals surface area contributed by atoms with Gasteiger partial charge in [0.2, 0.25) is 5.91 Å². The number of hydrogen-bond acceptors (Lipinski definition) is 2. The molecule has 2 aromatic heterocycles. The van der Waals surface area contributed by atoms with Gasteiger partial charge in [-0.2, -0.15) is 0 Å². The molecular weight excluding hydrogens is 329 g/mol. The third kappa shape index (κ3) is 3.77. The molecule has 0 saturated heterocycles. The van der Waals surface area contributed by atoms with Gasteiger partial charge in [0.05, 0.1) is 5.69 Å². The van der Waals surface area contributed by atoms with E-state index in [2.05, 4.69) is 10.3 Å². The van der Waals surface area contributed by atoms with Crippen LogP contribution in [0, 0.1) is 12.7 Å². The van der Waals surface area contributed by atoms with Crippen molar-refractivity contribution in [2.24, 2.45) is 0 Å². The Kier molecular flexibility index (Phi) is 5.35. The lowest BCUT2D eigenvalue weighted by Crippen LogP contribution is -2.33. The molecule has 0 bridgehead atoms. The molecule has 3 rings (SSSR count). The standard InChI is InChI=1S/C21H24FN3O/c1-4-14(2)24-21(26)12-18(16-8-6-9-17(22)11-16)19-13-23-20-10-5-7-15(3)25(19)20/h5-11,13-14,18H,4,12H2,1-3H3,(H,24,26). The van der Waals surface area contributed by atoms with Crippen LogP contribution in [0.3, 0.4) is 0 Å². The predicted molar refractivity (Wildman–Crippen MR) is 101 cm³/mol. The SMILES string of the molecule is CCC(C)NC(=O)CC(c1cccc(F)c1)c1cnc2cccc(C)n12. The lowest BCUT2D eigenvalue weighted by Gasteiger charge is -2.20. The largest absolute Gasteiger partial charge is 0.354 e. The minimum atomic E-state index is -0.305. The minimum absolute atomic E-state index is 0.0443. The van der Waals surface area contributed by atoms with E-state index in [0.29, 0.717) is 0 Å². The van der Waals surface area contributed by atoms with E-state index in [4.69, 9.17) is 0 Å². The first-order valence-corrected chi connectivity index (χ1v) is 8.97. The molecule has 0 spiro atoms. The average Bonchev–Trinajstić information content (AvgIpc) is 3.04. The van der Waals surface area contributed by atoms with Crippen molar-refractivity contribution in [2.75, 3.05) is 0 Å². The fourth-order valence-electron chi connectivity index (χ4n) is 3.21. The Morgan fingerprint density at radius 3 is 2.77 bits per heavy atom. The first-order chi connectivity index (χ1) is 12.5. The van der Waals surface area contributed by atoms with Gasteiger partial charge < -0.3 is 9.72 Å². The zero-order chi connectivity index (χ0) is 18.7. The fourth-order valence-corrected chi connectivity index (χ4v) is 3.21. The van der Waals surface area contributed by atoms with Crippen molar-refractivity contribution in [3.8, 4) is 0 Å². The van der Waals surface area contributed by atoms with E-state index in [1.165, 1.54) is 12.1 Å². The minimum Gasteiger partial charge on any atom is -0.354 e. The summed E-state index contributed by atoms with van der Waals surface area (Å²) < 4.78 is 15.9. The lowest BCUT2D eigenvalue weighted by atomic mass is 9.92. The number of nitrogens with zero attached hydrogens (tertiary/aromatic N) is 2. The molecule has 1 amide bonds. The molecule has 26 heavy (non-hydrogen) atoms. The summed E-state index contributed by atoms with van der Waals surface area (Å²) in [5.41, 5.74) is 3.51. The van der Waals surface area contributed by atoms with Crippen molar-refractivity contribution < 1.29 is 9.18 Å². The molecule has 136 valence electrons. The summed E-state index contributed by atoms with van der Waals surface area (Å²) in [7, 11) is 0. The highest BCUT2D eigenvalue weighted by Crippen LogP contribution is 2.30. The third-order valence-electron chi connectivity index (χ3n) is 4.77. The Labute approximate surface area is 153 Å². The van der Waals surface area contributed by atoms with Crippen LogP contribution < -0.4 is 5.32 Å². The van der Waals surface area contributed by atoms with Gasteiger partial charge in [0.15, 0.2) is 0 Å². The molecule has 4 nitrogen and oxygen atoms in total. The first-order valence-electron chi connectivity index (χ1n) is 8.97. The van der Waals surface area contributed by atoms with Crippen molar-refractivity contribution in [1.82, 2.24) is 14.7 Å². The number of amides is 1. The Bertz CT molecular complexity index is 919. The molecule has 1 N–H and O–H groups in total. The molecule has 0 aliphatic rings. The second-order valence-electron chi connectivity index (χ2n) is 6.73. The maximum absolute atomic E-state index is 13.8. The van der Waals surface area contributed by atoms with Gasteiger partial charge in [-0.1, -0.05) is 25.1 Å². The van der Waals surface area contributed by atoms with E-state index in [-0.39, 0.29) is 30.1 Å². The van der Waals surface area contributed by atoms with Gasteiger partial charge in [-0.3, -0.25) is 4.79 Å². The van der Waals surface area contributed by atoms with E-state index in [1.54, 1.807) is 12.3 Å². The number of fused-ring (bicyclic) bond motifs is 1. The third-order valence-corrected chi connectivity index (χ3v) is 4.77. The van der Waals surface area contributed by atoms with Crippen molar-refractivity contribution in [1.29, 1.82) is 0 Å². The number of benzene rings is 1. The van der Waals surface area contributed by atoms with Crippen molar-refractivity contribution in [2.45, 2.75) is 45.6 Å². The summed E-state index contributed by atoms with van der Waals surface area (Å²) in [6.07, 6.45) is 2.90. The summed E-state index contributed by atoms with van der Waals surface area (Å²) in [6, 6.07) is 12.5. The Hall–Kier alpha value is -2.69. The summed E-state index contributed by atoms with van der Waals surface area (Å²) in [6.45, 7) is 6.01. The lowest BCUT2D eigenvalue weighted by molar-refractivity contribution is -0.121. The van der Waals surface area contributed by atoms with Crippen LogP contribution in [-0.2, 0) is 4.79 Å². The van der Waals surface area contributed by atoms with Crippen LogP contribution in [0.25, 0.3) is 5.65 Å². The molecule has 0 aliphatic heterocycles. The highest BCUT2D eigenvalue weighted by molar-refractivity contribution is 5.77. The highest BCUT2D eigenvalue weighted by Gasteiger charge is 2.23. The second kappa shape index (κ2) is 7.68. The van der Waals surface area contributed by atoms with Crippen LogP contribution in [0.5, 0.6) is 0 Å². The number of rotatable bonds is 6. The number of aryl methyl sites for hydroxylation is 1. The summed E-state index contributed by atoms with van der Waals surface area (Å²) in [5, 5.41) is 3.01. The zero-order valence-electron chi connectivity index (χ0n) is 15.4. The molecule has 2 atom stereocenters. The molecule has 0 saturated carbocycles. The van der Waals surface area contributed by atoms with Crippen LogP contribution in [0.2, 0.25) is 0 Å². The van der Waals surface area contributed by atoms with Crippen LogP contribution in [0.4, 0.5) is 4.39 Å². The van der Waals surface area contributed by atoms with E-state index in [9.17, 15) is 9.18 Å². The van der Waals surface area contributed by atoms with Crippen LogP contribution in [0.1, 0.15) is 49.6 Å². The van der Waals surface area contributed by atoms with Gasteiger partial charge in [-0.05, 0) is 50.1 Å². The second-order valence-corrected chi connectivity index (χ2v) is 6.73. The Balaban J connectivity index is 2.04. The summed E-state index contributed by atoms with van der Waals surface area (Å²) in [5.74, 6) is -0.622. The van der Waals surface area contributed by atoms with Crippen LogP contribution in [0.15, 0.2) is 48.7 Å². The van der Waals surface area contributed by atoms with Gasteiger partial charge >= 0.3 is 0 Å². The average molecular weight is 353 g/mol. The topological polar surface area (TPSA) is 46.4 Å². The van der Waals surface area contributed by atoms with E-state index < -0.39 is 0 Å².